The molecule has 0 aliphatic carbocycles. The fourth-order valence-electron chi connectivity index (χ4n) is 15.9. The van der Waals surface area contributed by atoms with Gasteiger partial charge in [-0.25, -0.2) is 0 Å². The van der Waals surface area contributed by atoms with Crippen LogP contribution in [-0.2, 0) is 75.9 Å². The molecule has 36 nitrogen and oxygen atoms in total. The molecule has 2 amide bonds. The van der Waals surface area contributed by atoms with Crippen molar-refractivity contribution in [2.45, 2.75) is 423 Å². The maximum absolute atomic E-state index is 13.6. The van der Waals surface area contributed by atoms with Gasteiger partial charge >= 0.3 is 0 Å². The molecule has 117 heavy (non-hydrogen) atoms. The third-order valence-corrected chi connectivity index (χ3v) is 23.2. The summed E-state index contributed by atoms with van der Waals surface area (Å²) in [6.45, 7) is 2.77. The van der Waals surface area contributed by atoms with E-state index in [9.17, 15) is 102 Å². The summed E-state index contributed by atoms with van der Waals surface area (Å²) in [5.41, 5.74) is 0. The predicted molar refractivity (Wildman–Crippen MR) is 416 cm³/mol. The Morgan fingerprint density at radius 2 is 0.778 bits per heavy atom. The maximum atomic E-state index is 13.6. The van der Waals surface area contributed by atoms with Crippen LogP contribution in [0.5, 0.6) is 0 Å². The summed E-state index contributed by atoms with van der Waals surface area (Å²) in [5.74, 6) is -1.95. The lowest BCUT2D eigenvalue weighted by molar-refractivity contribution is -0.390. The van der Waals surface area contributed by atoms with Crippen molar-refractivity contribution in [3.63, 3.8) is 0 Å². The molecule has 6 rings (SSSR count). The van der Waals surface area contributed by atoms with Crippen molar-refractivity contribution < 1.29 is 168 Å². The van der Waals surface area contributed by atoms with Crippen LogP contribution in [0, 0.1) is 5.92 Å². The molecule has 0 aromatic heterocycles. The molecule has 20 N–H and O–H groups in total. The Labute approximate surface area is 689 Å². The van der Waals surface area contributed by atoms with Crippen LogP contribution in [0.2, 0.25) is 0 Å². The highest BCUT2D eigenvalue weighted by Crippen LogP contribution is 2.39. The number of nitrogens with one attached hydrogen (secondary N) is 2. The Morgan fingerprint density at radius 1 is 0.402 bits per heavy atom. The minimum atomic E-state index is -2.24. The van der Waals surface area contributed by atoms with Gasteiger partial charge in [0.1, 0.15) is 134 Å². The van der Waals surface area contributed by atoms with E-state index in [-0.39, 0.29) is 25.5 Å². The number of amides is 2. The highest BCUT2D eigenvalue weighted by atomic mass is 16.8. The molecule has 32 atom stereocenters. The van der Waals surface area contributed by atoms with E-state index >= 15 is 0 Å². The topological polar surface area (TPSA) is 552 Å². The second-order valence-electron chi connectivity index (χ2n) is 32.6. The van der Waals surface area contributed by atoms with Crippen LogP contribution in [0.4, 0.5) is 0 Å². The molecule has 0 radical (unpaired) electrons. The number of aliphatic hydroxyl groups is 18. The van der Waals surface area contributed by atoms with Crippen LogP contribution in [0.1, 0.15) is 233 Å². The number of carbonyl (C=O) groups is 2. The first-order valence-electron chi connectivity index (χ1n) is 43.8. The molecule has 0 aromatic carbocycles. The van der Waals surface area contributed by atoms with Crippen LogP contribution in [0.25, 0.3) is 0 Å². The van der Waals surface area contributed by atoms with Crippen LogP contribution >= 0.6 is 0 Å². The van der Waals surface area contributed by atoms with Crippen LogP contribution in [0.3, 0.4) is 0 Å². The van der Waals surface area contributed by atoms with Gasteiger partial charge in [0.05, 0.1) is 58.5 Å². The Bertz CT molecular complexity index is 2570. The summed E-state index contributed by atoms with van der Waals surface area (Å²) in [7, 11) is 0. The fraction of sp³-hybridized carbons (Fsp3) is 0.975. The first-order valence-corrected chi connectivity index (χ1v) is 43.8. The molecule has 6 fully saturated rings. The fourth-order valence-corrected chi connectivity index (χ4v) is 15.9. The van der Waals surface area contributed by atoms with Crippen molar-refractivity contribution in [1.29, 1.82) is 0 Å². The van der Waals surface area contributed by atoms with E-state index in [4.69, 9.17) is 66.3 Å². The van der Waals surface area contributed by atoms with Gasteiger partial charge < -0.3 is 169 Å². The van der Waals surface area contributed by atoms with E-state index in [2.05, 4.69) is 24.5 Å². The zero-order chi connectivity index (χ0) is 85.3. The van der Waals surface area contributed by atoms with E-state index in [1.807, 2.05) is 0 Å². The normalized spacial score (nSPS) is 35.8. The van der Waals surface area contributed by atoms with E-state index in [0.29, 0.717) is 39.0 Å². The third kappa shape index (κ3) is 33.2. The van der Waals surface area contributed by atoms with E-state index in [0.717, 1.165) is 45.4 Å². The molecule has 688 valence electrons. The third-order valence-electron chi connectivity index (χ3n) is 23.2. The standard InChI is InChI=1S/C81H150N2O34/c1-5-7-9-11-13-15-17-19-21-23-25-27-29-33-37-104-47-57(105-38-34-30-28-26-24-22-20-18-16-14-12-10-8-6-2)76(103)82-36-32-31-35-39-106-78-66(99)64(97)71(55(45-88)110-78)114-79-67(100)65(98)72(56(46-89)111-79)115-80-69(102)75(63(96)54(44-87)108-80)117-77-59(83-49(4)90)73(61(94)52(42-85)107-77)116-81-68(101)74(62(95)53(43-86)109-81)113-58-40-50(91)48(3)70(112-58)60(93)51(92)41-84/h48,50-75,77-81,84-89,91-102H,5-47H2,1-4H3,(H,82,103)(H,83,90)/t48-,50-,51-,52?,53?,54?,55?,56?,57-,58-,59?,60-,61+,62+,63+,64-,65-,66?,67?,68?,69?,70?,71-,72+,73-,74+,75+,77+,78-,79+,80-,81+/m1/s1. The second kappa shape index (κ2) is 57.3. The molecule has 36 heteroatoms. The molecule has 6 aliphatic heterocycles. The summed E-state index contributed by atoms with van der Waals surface area (Å²) in [5, 5.41) is 204. The lowest BCUT2D eigenvalue weighted by Crippen LogP contribution is -2.70. The van der Waals surface area contributed by atoms with Crippen molar-refractivity contribution in [3.8, 4) is 0 Å². The number of hydrogen-bond donors (Lipinski definition) is 20. The highest BCUT2D eigenvalue weighted by Gasteiger charge is 2.58. The van der Waals surface area contributed by atoms with E-state index in [1.54, 1.807) is 0 Å². The van der Waals surface area contributed by atoms with Crippen LogP contribution in [0.15, 0.2) is 0 Å². The largest absolute Gasteiger partial charge is 0.394 e. The number of hydrogen-bond acceptors (Lipinski definition) is 34. The Morgan fingerprint density at radius 3 is 1.24 bits per heavy atom. The van der Waals surface area contributed by atoms with Gasteiger partial charge in [-0.2, -0.15) is 0 Å². The average Bonchev–Trinajstić information content (AvgIpc) is 0.768. The SMILES string of the molecule is CCCCCCCCCCCCCCCCOC[C@@H](OCCCCCCCCCCCCCCCC)C(=O)NCCCCCO[C@@H]1OC(CO)[C@@H](O[C@@H]2OC(CO)[C@H](O[C@H]3OC(CO)[C@H](O)[C@H](O[C@@H]4OC(CO)[C@H](O)[C@H](O[C@@H]5OC(CO)[C@H](O)[C@H](O[C@@H]6C[C@@H](O)[C@@H](C)C([C@H](O)[C@H](O)CO)O6)C5O)C4NC(C)=O)C3O)[C@H](O)C2O)[C@H](O)C1O. The minimum absolute atomic E-state index is 0.0179. The zero-order valence-corrected chi connectivity index (χ0v) is 69.5. The number of rotatable bonds is 60. The van der Waals surface area contributed by atoms with Crippen molar-refractivity contribution in [2.75, 3.05) is 72.6 Å². The summed E-state index contributed by atoms with van der Waals surface area (Å²) >= 11 is 0. The number of unbranched alkanes of at least 4 members (excludes halogenated alkanes) is 28. The molecule has 6 heterocycles. The van der Waals surface area contributed by atoms with Gasteiger partial charge in [-0.3, -0.25) is 9.59 Å². The lowest BCUT2D eigenvalue weighted by atomic mass is 9.87. The maximum Gasteiger partial charge on any atom is 0.251 e. The van der Waals surface area contributed by atoms with Crippen molar-refractivity contribution >= 4 is 11.8 Å². The van der Waals surface area contributed by atoms with E-state index < -0.39 is 242 Å². The summed E-state index contributed by atoms with van der Waals surface area (Å²) in [6.07, 6.45) is -17.8. The van der Waals surface area contributed by atoms with Gasteiger partial charge in [0, 0.05) is 45.6 Å². The van der Waals surface area contributed by atoms with Gasteiger partial charge in [-0.05, 0) is 32.1 Å². The van der Waals surface area contributed by atoms with Gasteiger partial charge in [0.15, 0.2) is 43.8 Å². The molecule has 11 unspecified atom stereocenters. The van der Waals surface area contributed by atoms with Crippen LogP contribution in [-0.4, -0.2) is 367 Å². The van der Waals surface area contributed by atoms with Crippen LogP contribution < -0.4 is 10.6 Å². The zero-order valence-electron chi connectivity index (χ0n) is 69.5. The smallest absolute Gasteiger partial charge is 0.251 e. The van der Waals surface area contributed by atoms with Crippen molar-refractivity contribution in [1.82, 2.24) is 10.6 Å². The highest BCUT2D eigenvalue weighted by molar-refractivity contribution is 5.80. The van der Waals surface area contributed by atoms with Gasteiger partial charge in [-0.1, -0.05) is 188 Å². The molecule has 0 saturated carbocycles. The molecular formula is C81H150N2O34. The predicted octanol–water partition coefficient (Wildman–Crippen LogP) is -0.255. The molecule has 0 aromatic rings. The van der Waals surface area contributed by atoms with Gasteiger partial charge in [-0.15, -0.1) is 0 Å². The van der Waals surface area contributed by atoms with E-state index in [1.165, 1.54) is 148 Å². The Balaban J connectivity index is 0.981. The Kier molecular flexibility index (Phi) is 50.7. The molecule has 6 saturated heterocycles. The summed E-state index contributed by atoms with van der Waals surface area (Å²) < 4.78 is 83.0. The van der Waals surface area contributed by atoms with Gasteiger partial charge in [0.2, 0.25) is 5.91 Å². The first kappa shape index (κ1) is 103. The monoisotopic (exact) mass is 1700 g/mol. The summed E-state index contributed by atoms with van der Waals surface area (Å²) in [6, 6.07) is -1.79. The average molecular weight is 1700 g/mol. The molecule has 0 bridgehead atoms. The van der Waals surface area contributed by atoms with Crippen molar-refractivity contribution in [2.24, 2.45) is 5.92 Å². The number of aliphatic hydroxyl groups excluding tert-OH is 18. The molecular weight excluding hydrogens is 1540 g/mol. The Hall–Kier alpha value is -2.34. The van der Waals surface area contributed by atoms with Gasteiger partial charge in [0.25, 0.3) is 5.91 Å². The first-order chi connectivity index (χ1) is 56.4. The molecule has 0 spiro atoms. The minimum Gasteiger partial charge on any atom is -0.394 e. The lowest BCUT2D eigenvalue weighted by Gasteiger charge is -2.50. The summed E-state index contributed by atoms with van der Waals surface area (Å²) in [4.78, 5) is 26.5. The second-order valence-corrected chi connectivity index (χ2v) is 32.6. The van der Waals surface area contributed by atoms with Crippen molar-refractivity contribution in [3.05, 3.63) is 0 Å². The molecule has 6 aliphatic rings. The number of ether oxygens (including phenoxy) is 14. The quantitative estimate of drug-likeness (QED) is 0.0349. The number of carbonyl (C=O) groups excluding carboxylic acids is 2.